The van der Waals surface area contributed by atoms with Crippen LogP contribution in [0.1, 0.15) is 54.4 Å². The molecule has 0 aromatic carbocycles. The number of hydrogen-bond acceptors (Lipinski definition) is 2. The second kappa shape index (κ2) is 7.62. The smallest absolute Gasteiger partial charge is 0.185 e. The molecule has 0 aliphatic heterocycles. The quantitative estimate of drug-likeness (QED) is 0.306. The molecule has 4 nitrogen and oxygen atoms in total. The van der Waals surface area contributed by atoms with Crippen molar-refractivity contribution in [3.05, 3.63) is 0 Å². The molecule has 0 radical (unpaired) electrons. The predicted octanol–water partition coefficient (Wildman–Crippen LogP) is 2.30. The topological polar surface area (TPSA) is 73.9 Å². The molecule has 108 valence electrons. The summed E-state index contributed by atoms with van der Waals surface area (Å²) in [7, 11) is 0. The Balaban J connectivity index is 4.36. The molecule has 0 aromatic heterocycles. The summed E-state index contributed by atoms with van der Waals surface area (Å²) in [6, 6.07) is 0.986. The summed E-state index contributed by atoms with van der Waals surface area (Å²) in [5.41, 5.74) is 5.55. The maximum atomic E-state index is 7.14. The Hall–Kier alpha value is -0.770. The lowest BCUT2D eigenvalue weighted by Gasteiger charge is -2.40. The van der Waals surface area contributed by atoms with Gasteiger partial charge in [-0.3, -0.25) is 5.41 Å². The molecular formula is C14H32N4. The van der Waals surface area contributed by atoms with Gasteiger partial charge in [-0.1, -0.05) is 41.5 Å². The van der Waals surface area contributed by atoms with Gasteiger partial charge in [0, 0.05) is 18.6 Å². The van der Waals surface area contributed by atoms with E-state index in [-0.39, 0.29) is 11.4 Å². The first-order chi connectivity index (χ1) is 8.17. The Kier molecular flexibility index (Phi) is 7.29. The van der Waals surface area contributed by atoms with Crippen molar-refractivity contribution >= 4 is 5.96 Å². The number of nitrogens with one attached hydrogen (secondary N) is 3. The normalized spacial score (nSPS) is 14.0. The molecular weight excluding hydrogens is 224 g/mol. The minimum atomic E-state index is 0.0616. The van der Waals surface area contributed by atoms with Gasteiger partial charge in [-0.05, 0) is 24.2 Å². The molecule has 5 N–H and O–H groups in total. The fourth-order valence-electron chi connectivity index (χ4n) is 2.00. The van der Waals surface area contributed by atoms with Crippen molar-refractivity contribution in [1.82, 2.24) is 10.6 Å². The highest BCUT2D eigenvalue weighted by Crippen LogP contribution is 2.32. The van der Waals surface area contributed by atoms with Gasteiger partial charge in [0.05, 0.1) is 0 Å². The lowest BCUT2D eigenvalue weighted by molar-refractivity contribution is 0.148. The molecule has 0 saturated heterocycles. The lowest BCUT2D eigenvalue weighted by atomic mass is 9.73. The van der Waals surface area contributed by atoms with E-state index in [1.54, 1.807) is 0 Å². The number of rotatable bonds is 8. The summed E-state index contributed by atoms with van der Waals surface area (Å²) in [4.78, 5) is 0. The minimum absolute atomic E-state index is 0.0616. The van der Waals surface area contributed by atoms with E-state index in [9.17, 15) is 0 Å². The van der Waals surface area contributed by atoms with Gasteiger partial charge in [0.25, 0.3) is 0 Å². The first-order valence-electron chi connectivity index (χ1n) is 7.01. The second-order valence-corrected chi connectivity index (χ2v) is 6.33. The van der Waals surface area contributed by atoms with Crippen LogP contribution in [0.2, 0.25) is 0 Å². The van der Waals surface area contributed by atoms with Crippen LogP contribution in [-0.2, 0) is 0 Å². The molecule has 0 saturated carbocycles. The Morgan fingerprint density at radius 3 is 2.17 bits per heavy atom. The van der Waals surface area contributed by atoms with E-state index in [2.05, 4.69) is 52.2 Å². The lowest BCUT2D eigenvalue weighted by Crippen LogP contribution is -2.48. The van der Waals surface area contributed by atoms with Crippen molar-refractivity contribution in [3.8, 4) is 0 Å². The fraction of sp³-hybridized carbons (Fsp3) is 0.929. The SMILES string of the molecule is CC(C)NC(CCCNC(=N)N)C(C)(C)C(C)C. The number of guanidine groups is 1. The standard InChI is InChI=1S/C14H32N4/c1-10(2)14(5,6)12(18-11(3)4)8-7-9-17-13(15)16/h10-12,18H,7-9H2,1-6H3,(H4,15,16,17). The molecule has 0 aromatic rings. The average Bonchev–Trinajstić information content (AvgIpc) is 2.21. The van der Waals surface area contributed by atoms with E-state index >= 15 is 0 Å². The van der Waals surface area contributed by atoms with Crippen LogP contribution in [0.15, 0.2) is 0 Å². The van der Waals surface area contributed by atoms with E-state index in [0.717, 1.165) is 19.4 Å². The Morgan fingerprint density at radius 2 is 1.78 bits per heavy atom. The summed E-state index contributed by atoms with van der Waals surface area (Å²) in [5.74, 6) is 0.695. The summed E-state index contributed by atoms with van der Waals surface area (Å²) >= 11 is 0. The van der Waals surface area contributed by atoms with Crippen LogP contribution in [0.4, 0.5) is 0 Å². The van der Waals surface area contributed by atoms with Gasteiger partial charge in [-0.2, -0.15) is 0 Å². The molecule has 0 amide bonds. The predicted molar refractivity (Wildman–Crippen MR) is 79.8 cm³/mol. The van der Waals surface area contributed by atoms with Crippen molar-refractivity contribution in [2.45, 2.75) is 66.5 Å². The van der Waals surface area contributed by atoms with Gasteiger partial charge in [-0.15, -0.1) is 0 Å². The molecule has 4 heteroatoms. The molecule has 0 aliphatic rings. The molecule has 0 aliphatic carbocycles. The molecule has 1 atom stereocenters. The second-order valence-electron chi connectivity index (χ2n) is 6.33. The third-order valence-electron chi connectivity index (χ3n) is 3.91. The first-order valence-corrected chi connectivity index (χ1v) is 7.01. The van der Waals surface area contributed by atoms with Crippen LogP contribution in [0, 0.1) is 16.7 Å². The van der Waals surface area contributed by atoms with E-state index in [1.165, 1.54) is 0 Å². The van der Waals surface area contributed by atoms with Crippen molar-refractivity contribution in [1.29, 1.82) is 5.41 Å². The maximum Gasteiger partial charge on any atom is 0.185 e. The fourth-order valence-corrected chi connectivity index (χ4v) is 2.00. The highest BCUT2D eigenvalue weighted by molar-refractivity contribution is 5.74. The van der Waals surface area contributed by atoms with Gasteiger partial charge in [0.15, 0.2) is 5.96 Å². The highest BCUT2D eigenvalue weighted by atomic mass is 15.0. The summed E-state index contributed by atoms with van der Waals surface area (Å²) < 4.78 is 0. The molecule has 0 heterocycles. The first kappa shape index (κ1) is 17.2. The number of nitrogens with two attached hydrogens (primary N) is 1. The van der Waals surface area contributed by atoms with E-state index in [1.807, 2.05) is 0 Å². The van der Waals surface area contributed by atoms with E-state index < -0.39 is 0 Å². The van der Waals surface area contributed by atoms with Crippen LogP contribution in [0.3, 0.4) is 0 Å². The maximum absolute atomic E-state index is 7.14. The zero-order valence-electron chi connectivity index (χ0n) is 12.9. The van der Waals surface area contributed by atoms with Gasteiger partial charge < -0.3 is 16.4 Å². The summed E-state index contributed by atoms with van der Waals surface area (Å²) in [5, 5.41) is 13.7. The zero-order chi connectivity index (χ0) is 14.3. The van der Waals surface area contributed by atoms with Crippen molar-refractivity contribution < 1.29 is 0 Å². The molecule has 0 spiro atoms. The van der Waals surface area contributed by atoms with E-state index in [0.29, 0.717) is 18.0 Å². The summed E-state index contributed by atoms with van der Waals surface area (Å²) in [6.07, 6.45) is 2.13. The highest BCUT2D eigenvalue weighted by Gasteiger charge is 2.32. The number of hydrogen-bond donors (Lipinski definition) is 4. The van der Waals surface area contributed by atoms with Crippen LogP contribution in [-0.4, -0.2) is 24.6 Å². The average molecular weight is 256 g/mol. The van der Waals surface area contributed by atoms with Crippen LogP contribution < -0.4 is 16.4 Å². The molecule has 0 rings (SSSR count). The largest absolute Gasteiger partial charge is 0.370 e. The molecule has 0 fully saturated rings. The third kappa shape index (κ3) is 6.24. The van der Waals surface area contributed by atoms with Gasteiger partial charge in [0.2, 0.25) is 0 Å². The molecule has 0 bridgehead atoms. The van der Waals surface area contributed by atoms with Crippen LogP contribution >= 0.6 is 0 Å². The van der Waals surface area contributed by atoms with Crippen LogP contribution in [0.5, 0.6) is 0 Å². The van der Waals surface area contributed by atoms with Gasteiger partial charge in [0.1, 0.15) is 0 Å². The minimum Gasteiger partial charge on any atom is -0.370 e. The van der Waals surface area contributed by atoms with Crippen molar-refractivity contribution in [2.75, 3.05) is 6.54 Å². The Morgan fingerprint density at radius 1 is 1.22 bits per heavy atom. The Labute approximate surface area is 113 Å². The monoisotopic (exact) mass is 256 g/mol. The molecule has 1 unspecified atom stereocenters. The van der Waals surface area contributed by atoms with Crippen molar-refractivity contribution in [2.24, 2.45) is 17.1 Å². The zero-order valence-corrected chi connectivity index (χ0v) is 12.9. The van der Waals surface area contributed by atoms with E-state index in [4.69, 9.17) is 11.1 Å². The van der Waals surface area contributed by atoms with Crippen LogP contribution in [0.25, 0.3) is 0 Å². The van der Waals surface area contributed by atoms with Gasteiger partial charge >= 0.3 is 0 Å². The molecule has 18 heavy (non-hydrogen) atoms. The van der Waals surface area contributed by atoms with Crippen molar-refractivity contribution in [3.63, 3.8) is 0 Å². The summed E-state index contributed by atoms with van der Waals surface area (Å²) in [6.45, 7) is 14.4. The van der Waals surface area contributed by atoms with Gasteiger partial charge in [-0.25, -0.2) is 0 Å². The third-order valence-corrected chi connectivity index (χ3v) is 3.91. The Bertz CT molecular complexity index is 246.